The summed E-state index contributed by atoms with van der Waals surface area (Å²) in [7, 11) is -4.13. The highest BCUT2D eigenvalue weighted by Gasteiger charge is 2.56. The highest BCUT2D eigenvalue weighted by molar-refractivity contribution is 6.74. The lowest BCUT2D eigenvalue weighted by molar-refractivity contribution is -0.346. The Morgan fingerprint density at radius 3 is 2.05 bits per heavy atom. The number of hydrogen-bond acceptors (Lipinski definition) is 7. The number of hydrogen-bond donors (Lipinski definition) is 0. The Balaban J connectivity index is 2.55. The molecule has 0 saturated carbocycles. The van der Waals surface area contributed by atoms with Crippen LogP contribution >= 0.6 is 0 Å². The van der Waals surface area contributed by atoms with Crippen molar-refractivity contribution in [3.63, 3.8) is 0 Å². The lowest BCUT2D eigenvalue weighted by Crippen LogP contribution is -2.62. The molecule has 0 aromatic rings. The van der Waals surface area contributed by atoms with Crippen molar-refractivity contribution in [2.45, 2.75) is 186 Å². The Morgan fingerprint density at radius 2 is 1.56 bits per heavy atom. The van der Waals surface area contributed by atoms with Gasteiger partial charge in [-0.3, -0.25) is 4.79 Å². The van der Waals surface area contributed by atoms with E-state index in [1.54, 1.807) is 0 Å². The molecule has 0 radical (unpaired) electrons. The smallest absolute Gasteiger partial charge is 0.308 e. The van der Waals surface area contributed by atoms with E-state index in [9.17, 15) is 9.59 Å². The van der Waals surface area contributed by atoms with Gasteiger partial charge in [0.15, 0.2) is 22.4 Å². The van der Waals surface area contributed by atoms with Crippen molar-refractivity contribution in [2.75, 3.05) is 0 Å². The molecule has 2 heterocycles. The van der Waals surface area contributed by atoms with Crippen LogP contribution in [0.2, 0.25) is 36.3 Å². The highest BCUT2D eigenvalue weighted by atomic mass is 28.4. The van der Waals surface area contributed by atoms with Crippen LogP contribution in [-0.4, -0.2) is 64.2 Å². The molecule has 1 spiro atoms. The second-order valence-electron chi connectivity index (χ2n) is 16.1. The van der Waals surface area contributed by atoms with Crippen molar-refractivity contribution < 1.29 is 32.7 Å². The normalized spacial score (nSPS) is 29.7. The summed E-state index contributed by atoms with van der Waals surface area (Å²) in [5.41, 5.74) is -0.222. The van der Waals surface area contributed by atoms with E-state index in [4.69, 9.17) is 23.1 Å². The van der Waals surface area contributed by atoms with Crippen LogP contribution < -0.4 is 0 Å². The minimum absolute atomic E-state index is 0.0317. The van der Waals surface area contributed by atoms with E-state index in [0.717, 1.165) is 30.0 Å². The maximum Gasteiger partial charge on any atom is 0.308 e. The van der Waals surface area contributed by atoms with E-state index in [0.29, 0.717) is 32.1 Å². The molecule has 2 aliphatic heterocycles. The van der Waals surface area contributed by atoms with Gasteiger partial charge in [-0.05, 0) is 76.8 Å². The Hall–Kier alpha value is -0.846. The van der Waals surface area contributed by atoms with Crippen molar-refractivity contribution in [1.82, 2.24) is 0 Å². The topological polar surface area (TPSA) is 80.3 Å². The molecule has 0 aromatic heterocycles. The largest absolute Gasteiger partial charge is 0.460 e. The summed E-state index contributed by atoms with van der Waals surface area (Å²) in [6.45, 7) is 32.0. The zero-order valence-electron chi connectivity index (χ0n) is 29.8. The fraction of sp³-hybridized carbons (Fsp3) is 0.882. The molecule has 0 N–H and O–H groups in total. The van der Waals surface area contributed by atoms with Crippen LogP contribution in [0.1, 0.15) is 115 Å². The summed E-state index contributed by atoms with van der Waals surface area (Å²) >= 11 is 0. The summed E-state index contributed by atoms with van der Waals surface area (Å²) in [6.07, 6.45) is 3.26. The third-order valence-corrected chi connectivity index (χ3v) is 19.3. The van der Waals surface area contributed by atoms with Gasteiger partial charge in [-0.2, -0.15) is 0 Å². The predicted molar refractivity (Wildman–Crippen MR) is 179 cm³/mol. The fourth-order valence-electron chi connectivity index (χ4n) is 6.46. The Morgan fingerprint density at radius 1 is 1.00 bits per heavy atom. The van der Waals surface area contributed by atoms with Gasteiger partial charge >= 0.3 is 5.97 Å². The van der Waals surface area contributed by atoms with Gasteiger partial charge in [0.1, 0.15) is 11.9 Å². The third-order valence-electron chi connectivity index (χ3n) is 9.95. The number of carbonyl (C=O) groups excluding carboxylic acids is 2. The lowest BCUT2D eigenvalue weighted by Gasteiger charge is -2.56. The third kappa shape index (κ3) is 10.6. The fourth-order valence-corrected chi connectivity index (χ4v) is 11.0. The van der Waals surface area contributed by atoms with E-state index in [1.807, 2.05) is 27.7 Å². The monoisotopic (exact) mass is 640 g/mol. The minimum Gasteiger partial charge on any atom is -0.460 e. The van der Waals surface area contributed by atoms with Crippen molar-refractivity contribution >= 4 is 28.9 Å². The average molecular weight is 641 g/mol. The van der Waals surface area contributed by atoms with Gasteiger partial charge in [0.05, 0.1) is 30.3 Å². The summed E-state index contributed by atoms with van der Waals surface area (Å²) in [5.74, 6) is -1.53. The van der Waals surface area contributed by atoms with Crippen LogP contribution in [0.3, 0.4) is 0 Å². The second kappa shape index (κ2) is 14.3. The molecule has 2 rings (SSSR count). The van der Waals surface area contributed by atoms with E-state index < -0.39 is 39.7 Å². The molecule has 9 heteroatoms. The van der Waals surface area contributed by atoms with Crippen molar-refractivity contribution in [3.8, 4) is 0 Å². The lowest BCUT2D eigenvalue weighted by atomic mass is 9.80. The molecule has 7 nitrogen and oxygen atoms in total. The number of aldehydes is 1. The summed E-state index contributed by atoms with van der Waals surface area (Å²) in [4.78, 5) is 24.7. The van der Waals surface area contributed by atoms with Gasteiger partial charge in [-0.25, -0.2) is 0 Å². The number of esters is 1. The molecule has 2 fully saturated rings. The summed E-state index contributed by atoms with van der Waals surface area (Å²) in [6, 6.07) is 3.13. The van der Waals surface area contributed by atoms with Crippen molar-refractivity contribution in [3.05, 3.63) is 12.2 Å². The Kier molecular flexibility index (Phi) is 12.7. The molecule has 0 aliphatic carbocycles. The molecule has 2 aliphatic rings. The van der Waals surface area contributed by atoms with Crippen LogP contribution in [0.4, 0.5) is 0 Å². The second-order valence-corrected chi connectivity index (χ2v) is 25.5. The van der Waals surface area contributed by atoms with Crippen LogP contribution in [0.15, 0.2) is 12.2 Å². The predicted octanol–water partition coefficient (Wildman–Crippen LogP) is 8.72. The summed E-state index contributed by atoms with van der Waals surface area (Å²) in [5, 5.41) is 0.0317. The molecule has 2 saturated heterocycles. The van der Waals surface area contributed by atoms with Gasteiger partial charge in [0, 0.05) is 25.2 Å². The zero-order valence-corrected chi connectivity index (χ0v) is 31.8. The molecule has 0 amide bonds. The molecule has 0 aromatic carbocycles. The molecule has 6 atom stereocenters. The first-order valence-electron chi connectivity index (χ1n) is 16.6. The molecular formula is C34H64O7Si2. The molecule has 43 heavy (non-hydrogen) atoms. The van der Waals surface area contributed by atoms with Gasteiger partial charge in [-0.1, -0.05) is 60.6 Å². The number of carbonyl (C=O) groups is 2. The van der Waals surface area contributed by atoms with E-state index in [2.05, 4.69) is 68.1 Å². The number of ether oxygens (including phenoxy) is 3. The van der Waals surface area contributed by atoms with Gasteiger partial charge < -0.3 is 27.9 Å². The van der Waals surface area contributed by atoms with Crippen LogP contribution in [-0.2, 0) is 32.7 Å². The maximum absolute atomic E-state index is 13.1. The minimum atomic E-state index is -2.14. The Labute approximate surface area is 265 Å². The van der Waals surface area contributed by atoms with Crippen LogP contribution in [0.25, 0.3) is 0 Å². The van der Waals surface area contributed by atoms with Gasteiger partial charge in [0.2, 0.25) is 0 Å². The van der Waals surface area contributed by atoms with Crippen molar-refractivity contribution in [2.24, 2.45) is 5.92 Å². The first-order chi connectivity index (χ1) is 19.5. The average Bonchev–Trinajstić information content (AvgIpc) is 2.83. The first kappa shape index (κ1) is 38.3. The maximum atomic E-state index is 13.1. The SMILES string of the molecule is C=C(C[C@H]1C[C@](C)(O[Si](CC)(CC)CC)C[C@@]2(C[C@@H](O[Si](C)(C)C(C)(C)C)C[C@H](CC(=O)OC(C)(C)C)O2)O1)[C@@H](C)C=O. The molecule has 0 unspecified atom stereocenters. The first-order valence-corrected chi connectivity index (χ1v) is 22.1. The van der Waals surface area contributed by atoms with Gasteiger partial charge in [-0.15, -0.1) is 0 Å². The van der Waals surface area contributed by atoms with Crippen molar-refractivity contribution in [1.29, 1.82) is 0 Å². The zero-order chi connectivity index (χ0) is 33.1. The molecular weight excluding hydrogens is 577 g/mol. The van der Waals surface area contributed by atoms with E-state index in [1.165, 1.54) is 0 Å². The van der Waals surface area contributed by atoms with Gasteiger partial charge in [0.25, 0.3) is 0 Å². The van der Waals surface area contributed by atoms with E-state index in [-0.39, 0.29) is 35.6 Å². The highest BCUT2D eigenvalue weighted by Crippen LogP contribution is 2.50. The summed E-state index contributed by atoms with van der Waals surface area (Å²) < 4.78 is 33.8. The standard InChI is InChI=1S/C34H64O7Si2/c1-15-43(16-2,17-3)41-33(12)21-28(18-25(4)26(5)23-35)38-34(24-33)22-29(40-42(13,14)32(9,10)11)19-27(37-34)20-30(36)39-31(6,7)8/h23,26-29H,4,15-22,24H2,1-3,5-14H3/t26-,27+,28-,29-,33-,34+/m0/s1. The Bertz CT molecular complexity index is 957. The van der Waals surface area contributed by atoms with E-state index >= 15 is 0 Å². The van der Waals surface area contributed by atoms with Crippen LogP contribution in [0, 0.1) is 5.92 Å². The van der Waals surface area contributed by atoms with Crippen LogP contribution in [0.5, 0.6) is 0 Å². The number of rotatable bonds is 13. The molecule has 250 valence electrons. The molecule has 0 bridgehead atoms. The quantitative estimate of drug-likeness (QED) is 0.0862.